The number of amides is 2. The number of nitrogens with two attached hydrogens (primary N) is 1. The average molecular weight is 516 g/mol. The lowest BCUT2D eigenvalue weighted by Crippen LogP contribution is -2.22. The number of methoxy groups -OCH3 is 2. The Morgan fingerprint density at radius 3 is 2.06 bits per heavy atom. The van der Waals surface area contributed by atoms with Crippen molar-refractivity contribution >= 4 is 45.0 Å². The molecule has 4 N–H and O–H groups in total. The molecule has 3 rings (SSSR count). The molecule has 0 bridgehead atoms. The van der Waals surface area contributed by atoms with E-state index in [0.29, 0.717) is 22.9 Å². The SMILES string of the molecule is COc1cccc(OC)c1C(=O)Nc1cccc(SC(C)C(=O)Nc2ccc(S(N)(=O)=O)cc2)c1. The summed E-state index contributed by atoms with van der Waals surface area (Å²) in [4.78, 5) is 26.3. The molecule has 3 aromatic carbocycles. The summed E-state index contributed by atoms with van der Waals surface area (Å²) < 4.78 is 33.3. The first-order valence-electron chi connectivity index (χ1n) is 10.3. The van der Waals surface area contributed by atoms with Crippen LogP contribution >= 0.6 is 11.8 Å². The van der Waals surface area contributed by atoms with Gasteiger partial charge >= 0.3 is 0 Å². The van der Waals surface area contributed by atoms with Crippen molar-refractivity contribution < 1.29 is 27.5 Å². The largest absolute Gasteiger partial charge is 0.496 e. The van der Waals surface area contributed by atoms with Gasteiger partial charge in [0.2, 0.25) is 15.9 Å². The molecule has 0 saturated heterocycles. The predicted molar refractivity (Wildman–Crippen MR) is 136 cm³/mol. The summed E-state index contributed by atoms with van der Waals surface area (Å²) in [5.74, 6) is 0.103. The van der Waals surface area contributed by atoms with Crippen LogP contribution in [0, 0.1) is 0 Å². The molecule has 0 aromatic heterocycles. The van der Waals surface area contributed by atoms with Gasteiger partial charge in [0, 0.05) is 16.3 Å². The van der Waals surface area contributed by atoms with Gasteiger partial charge in [-0.3, -0.25) is 9.59 Å². The lowest BCUT2D eigenvalue weighted by Gasteiger charge is -2.15. The number of carbonyl (C=O) groups excluding carboxylic acids is 2. The lowest BCUT2D eigenvalue weighted by molar-refractivity contribution is -0.115. The number of hydrogen-bond donors (Lipinski definition) is 3. The van der Waals surface area contributed by atoms with Gasteiger partial charge in [0.25, 0.3) is 5.91 Å². The van der Waals surface area contributed by atoms with E-state index >= 15 is 0 Å². The van der Waals surface area contributed by atoms with E-state index in [1.807, 2.05) is 6.07 Å². The van der Waals surface area contributed by atoms with Crippen LogP contribution in [0.5, 0.6) is 11.5 Å². The Hall–Kier alpha value is -3.54. The third-order valence-electron chi connectivity index (χ3n) is 4.88. The smallest absolute Gasteiger partial charge is 0.263 e. The van der Waals surface area contributed by atoms with Crippen LogP contribution in [0.4, 0.5) is 11.4 Å². The fourth-order valence-electron chi connectivity index (χ4n) is 3.15. The highest BCUT2D eigenvalue weighted by atomic mass is 32.2. The molecule has 3 aromatic rings. The number of thioether (sulfide) groups is 1. The summed E-state index contributed by atoms with van der Waals surface area (Å²) in [6, 6.07) is 17.8. The second kappa shape index (κ2) is 11.3. The zero-order valence-electron chi connectivity index (χ0n) is 19.3. The van der Waals surface area contributed by atoms with E-state index in [9.17, 15) is 18.0 Å². The highest BCUT2D eigenvalue weighted by molar-refractivity contribution is 8.00. The number of carbonyl (C=O) groups is 2. The molecule has 0 spiro atoms. The third kappa shape index (κ3) is 6.75. The number of sulfonamides is 1. The second-order valence-corrected chi connectivity index (χ2v) is 10.3. The van der Waals surface area contributed by atoms with Crippen LogP contribution in [0.1, 0.15) is 17.3 Å². The van der Waals surface area contributed by atoms with E-state index in [-0.39, 0.29) is 16.4 Å². The molecule has 2 amide bonds. The van der Waals surface area contributed by atoms with E-state index in [2.05, 4.69) is 10.6 Å². The Labute approximate surface area is 208 Å². The summed E-state index contributed by atoms with van der Waals surface area (Å²) in [6.45, 7) is 1.74. The van der Waals surface area contributed by atoms with Crippen LogP contribution in [-0.2, 0) is 14.8 Å². The lowest BCUT2D eigenvalue weighted by atomic mass is 10.1. The van der Waals surface area contributed by atoms with Crippen molar-refractivity contribution in [2.75, 3.05) is 24.9 Å². The molecular formula is C24H25N3O6S2. The minimum Gasteiger partial charge on any atom is -0.496 e. The highest BCUT2D eigenvalue weighted by Crippen LogP contribution is 2.30. The standard InChI is InChI=1S/C24H25N3O6S2/c1-15(23(28)26-16-10-12-19(13-11-16)35(25,30)31)34-18-7-4-6-17(14-18)27-24(29)22-20(32-2)8-5-9-21(22)33-3/h4-15H,1-3H3,(H,26,28)(H,27,29)(H2,25,30,31). The van der Waals surface area contributed by atoms with Crippen LogP contribution < -0.4 is 25.2 Å². The van der Waals surface area contributed by atoms with Gasteiger partial charge in [0.15, 0.2) is 0 Å². The third-order valence-corrected chi connectivity index (χ3v) is 6.90. The molecular weight excluding hydrogens is 490 g/mol. The molecule has 1 unspecified atom stereocenters. The number of benzene rings is 3. The van der Waals surface area contributed by atoms with Crippen molar-refractivity contribution in [3.05, 3.63) is 72.3 Å². The Kier molecular flexibility index (Phi) is 8.39. The van der Waals surface area contributed by atoms with Gasteiger partial charge in [-0.05, 0) is 61.5 Å². The van der Waals surface area contributed by atoms with Crippen molar-refractivity contribution in [2.24, 2.45) is 5.14 Å². The van der Waals surface area contributed by atoms with Crippen LogP contribution in [-0.4, -0.2) is 39.7 Å². The molecule has 0 radical (unpaired) electrons. The number of ether oxygens (including phenoxy) is 2. The van der Waals surface area contributed by atoms with Gasteiger partial charge in [-0.15, -0.1) is 11.8 Å². The van der Waals surface area contributed by atoms with Gasteiger partial charge in [-0.1, -0.05) is 12.1 Å². The topological polar surface area (TPSA) is 137 Å². The Morgan fingerprint density at radius 1 is 0.886 bits per heavy atom. The summed E-state index contributed by atoms with van der Waals surface area (Å²) in [5, 5.41) is 10.2. The quantitative estimate of drug-likeness (QED) is 0.369. The molecule has 0 saturated carbocycles. The molecule has 9 nitrogen and oxygen atoms in total. The maximum Gasteiger partial charge on any atom is 0.263 e. The molecule has 0 heterocycles. The fraction of sp³-hybridized carbons (Fsp3) is 0.167. The van der Waals surface area contributed by atoms with E-state index in [4.69, 9.17) is 14.6 Å². The van der Waals surface area contributed by atoms with Crippen molar-refractivity contribution in [3.63, 3.8) is 0 Å². The number of primary sulfonamides is 1. The molecule has 0 aliphatic rings. The predicted octanol–water partition coefficient (Wildman–Crippen LogP) is 3.72. The van der Waals surface area contributed by atoms with Crippen molar-refractivity contribution in [1.29, 1.82) is 0 Å². The fourth-order valence-corrected chi connectivity index (χ4v) is 4.59. The van der Waals surface area contributed by atoms with Crippen LogP contribution in [0.25, 0.3) is 0 Å². The zero-order chi connectivity index (χ0) is 25.6. The maximum atomic E-state index is 12.9. The Balaban J connectivity index is 1.67. The summed E-state index contributed by atoms with van der Waals surface area (Å²) in [7, 11) is -0.853. The van der Waals surface area contributed by atoms with E-state index < -0.39 is 21.2 Å². The summed E-state index contributed by atoms with van der Waals surface area (Å²) in [5.41, 5.74) is 1.26. The van der Waals surface area contributed by atoms with Gasteiger partial charge in [-0.2, -0.15) is 0 Å². The van der Waals surface area contributed by atoms with Gasteiger partial charge < -0.3 is 20.1 Å². The zero-order valence-corrected chi connectivity index (χ0v) is 20.9. The highest BCUT2D eigenvalue weighted by Gasteiger charge is 2.19. The summed E-state index contributed by atoms with van der Waals surface area (Å²) in [6.07, 6.45) is 0. The monoisotopic (exact) mass is 515 g/mol. The van der Waals surface area contributed by atoms with E-state index in [1.54, 1.807) is 43.3 Å². The molecule has 0 fully saturated rings. The first-order chi connectivity index (χ1) is 16.6. The van der Waals surface area contributed by atoms with Crippen molar-refractivity contribution in [1.82, 2.24) is 0 Å². The minimum atomic E-state index is -3.80. The first kappa shape index (κ1) is 26.1. The average Bonchev–Trinajstić information content (AvgIpc) is 2.83. The molecule has 35 heavy (non-hydrogen) atoms. The Bertz CT molecular complexity index is 1310. The molecule has 0 aliphatic carbocycles. The molecule has 184 valence electrons. The second-order valence-electron chi connectivity index (χ2n) is 7.34. The summed E-state index contributed by atoms with van der Waals surface area (Å²) >= 11 is 1.30. The van der Waals surface area contributed by atoms with Crippen molar-refractivity contribution in [2.45, 2.75) is 22.0 Å². The number of rotatable bonds is 9. The van der Waals surface area contributed by atoms with E-state index in [0.717, 1.165) is 4.90 Å². The van der Waals surface area contributed by atoms with E-state index in [1.165, 1.54) is 50.2 Å². The molecule has 11 heteroatoms. The molecule has 0 aliphatic heterocycles. The van der Waals surface area contributed by atoms with Crippen LogP contribution in [0.2, 0.25) is 0 Å². The minimum absolute atomic E-state index is 0.0393. The van der Waals surface area contributed by atoms with Crippen LogP contribution in [0.3, 0.4) is 0 Å². The normalized spacial score (nSPS) is 11.9. The number of nitrogens with one attached hydrogen (secondary N) is 2. The maximum absolute atomic E-state index is 12.9. The van der Waals surface area contributed by atoms with Crippen LogP contribution in [0.15, 0.2) is 76.5 Å². The number of anilines is 2. The van der Waals surface area contributed by atoms with Gasteiger partial charge in [-0.25, -0.2) is 13.6 Å². The first-order valence-corrected chi connectivity index (χ1v) is 12.8. The van der Waals surface area contributed by atoms with Crippen molar-refractivity contribution in [3.8, 4) is 11.5 Å². The van der Waals surface area contributed by atoms with Gasteiger partial charge in [0.1, 0.15) is 17.1 Å². The molecule has 1 atom stereocenters. The Morgan fingerprint density at radius 2 is 1.49 bits per heavy atom. The number of hydrogen-bond acceptors (Lipinski definition) is 7. The van der Waals surface area contributed by atoms with Gasteiger partial charge in [0.05, 0.1) is 24.4 Å².